The molecule has 0 aliphatic carbocycles. The standard InChI is InChI=1S/C12H9ClFN3S/c1-15-9-10(13)16-11(17-12(9)18-2)7-5-3-4-6-8(7)14/h3-6,10H,2H3,(H,16,17). The molecule has 0 fully saturated rings. The van der Waals surface area contributed by atoms with Crippen molar-refractivity contribution < 1.29 is 4.39 Å². The van der Waals surface area contributed by atoms with Crippen molar-refractivity contribution in [1.82, 2.24) is 5.32 Å². The smallest absolute Gasteiger partial charge is 0.233 e. The molecule has 92 valence electrons. The molecule has 1 N–H and O–H groups in total. The summed E-state index contributed by atoms with van der Waals surface area (Å²) in [5.41, 5.74) is -0.0937. The molecule has 0 bridgehead atoms. The number of rotatable bonds is 2. The maximum atomic E-state index is 13.7. The highest BCUT2D eigenvalue weighted by molar-refractivity contribution is 8.02. The number of aliphatic imine (C=N–C) groups is 1. The van der Waals surface area contributed by atoms with Gasteiger partial charge in [0.1, 0.15) is 11.7 Å². The van der Waals surface area contributed by atoms with Gasteiger partial charge in [0.2, 0.25) is 5.70 Å². The van der Waals surface area contributed by atoms with Crippen LogP contribution in [-0.2, 0) is 0 Å². The van der Waals surface area contributed by atoms with Crippen LogP contribution in [-0.4, -0.2) is 17.6 Å². The summed E-state index contributed by atoms with van der Waals surface area (Å²) < 4.78 is 13.7. The monoisotopic (exact) mass is 281 g/mol. The van der Waals surface area contributed by atoms with Crippen molar-refractivity contribution in [2.75, 3.05) is 6.26 Å². The number of amidine groups is 1. The average molecular weight is 282 g/mol. The molecule has 6 heteroatoms. The number of nitrogens with zero attached hydrogens (tertiary/aromatic N) is 2. The Morgan fingerprint density at radius 3 is 2.83 bits per heavy atom. The van der Waals surface area contributed by atoms with Crippen LogP contribution in [0.3, 0.4) is 0 Å². The SMILES string of the molecule is [C-]#[N+]C1=C(SC)NC(c2ccccc2F)=NC1Cl. The second-order valence-corrected chi connectivity index (χ2v) is 4.68. The zero-order valence-electron chi connectivity index (χ0n) is 9.45. The van der Waals surface area contributed by atoms with Crippen molar-refractivity contribution in [2.24, 2.45) is 4.99 Å². The summed E-state index contributed by atoms with van der Waals surface area (Å²) in [4.78, 5) is 7.45. The molecule has 3 nitrogen and oxygen atoms in total. The van der Waals surface area contributed by atoms with Crippen molar-refractivity contribution >= 4 is 29.2 Å². The summed E-state index contributed by atoms with van der Waals surface area (Å²) >= 11 is 7.37. The van der Waals surface area contributed by atoms with Crippen molar-refractivity contribution in [2.45, 2.75) is 5.50 Å². The van der Waals surface area contributed by atoms with Crippen LogP contribution < -0.4 is 5.32 Å². The minimum absolute atomic E-state index is 0.337. The third-order valence-electron chi connectivity index (χ3n) is 2.39. The van der Waals surface area contributed by atoms with Crippen LogP contribution in [0.25, 0.3) is 4.85 Å². The normalized spacial score (nSPS) is 19.0. The Bertz CT molecular complexity index is 577. The Morgan fingerprint density at radius 2 is 2.22 bits per heavy atom. The fourth-order valence-electron chi connectivity index (χ4n) is 1.54. The van der Waals surface area contributed by atoms with Gasteiger partial charge in [-0.1, -0.05) is 12.1 Å². The fourth-order valence-corrected chi connectivity index (χ4v) is 2.42. The largest absolute Gasteiger partial charge is 0.344 e. The lowest BCUT2D eigenvalue weighted by Gasteiger charge is -2.21. The van der Waals surface area contributed by atoms with Crippen LogP contribution in [0.5, 0.6) is 0 Å². The first-order valence-corrected chi connectivity index (χ1v) is 6.73. The maximum absolute atomic E-state index is 13.7. The molecule has 0 spiro atoms. The van der Waals surface area contributed by atoms with Crippen LogP contribution in [0.1, 0.15) is 5.56 Å². The molecule has 1 heterocycles. The number of hydrogen-bond donors (Lipinski definition) is 1. The molecule has 0 radical (unpaired) electrons. The molecular formula is C12H9ClFN3S. The molecule has 1 aliphatic heterocycles. The highest BCUT2D eigenvalue weighted by Gasteiger charge is 2.24. The molecule has 1 aliphatic rings. The Kier molecular flexibility index (Phi) is 3.90. The van der Waals surface area contributed by atoms with E-state index in [0.717, 1.165) is 0 Å². The molecule has 18 heavy (non-hydrogen) atoms. The molecule has 0 saturated carbocycles. The van der Waals surface area contributed by atoms with E-state index in [1.807, 2.05) is 6.26 Å². The lowest BCUT2D eigenvalue weighted by molar-refractivity contribution is 0.624. The summed E-state index contributed by atoms with van der Waals surface area (Å²) in [6.07, 6.45) is 1.82. The number of alkyl halides is 1. The lowest BCUT2D eigenvalue weighted by Crippen LogP contribution is -2.30. The minimum atomic E-state index is -0.777. The average Bonchev–Trinajstić information content (AvgIpc) is 2.38. The molecular weight excluding hydrogens is 273 g/mol. The summed E-state index contributed by atoms with van der Waals surface area (Å²) in [7, 11) is 0. The summed E-state index contributed by atoms with van der Waals surface area (Å²) in [6, 6.07) is 6.30. The van der Waals surface area contributed by atoms with Crippen LogP contribution in [0.4, 0.5) is 4.39 Å². The van der Waals surface area contributed by atoms with Gasteiger partial charge >= 0.3 is 0 Å². The molecule has 2 rings (SSSR count). The minimum Gasteiger partial charge on any atom is -0.344 e. The molecule has 0 amide bonds. The van der Waals surface area contributed by atoms with E-state index >= 15 is 0 Å². The second-order valence-electron chi connectivity index (χ2n) is 3.45. The number of hydrogen-bond acceptors (Lipinski definition) is 3. The van der Waals surface area contributed by atoms with Crippen molar-refractivity contribution in [3.8, 4) is 0 Å². The first-order chi connectivity index (χ1) is 8.67. The number of nitrogens with one attached hydrogen (secondary N) is 1. The van der Waals surface area contributed by atoms with Gasteiger partial charge in [0.25, 0.3) is 0 Å². The number of halogens is 2. The first-order valence-electron chi connectivity index (χ1n) is 5.06. The highest BCUT2D eigenvalue weighted by atomic mass is 35.5. The third-order valence-corrected chi connectivity index (χ3v) is 3.41. The van der Waals surface area contributed by atoms with Gasteiger partial charge in [-0.15, -0.1) is 23.4 Å². The fraction of sp³-hybridized carbons (Fsp3) is 0.167. The Balaban J connectivity index is 2.41. The van der Waals surface area contributed by atoms with E-state index in [-0.39, 0.29) is 5.82 Å². The number of benzene rings is 1. The summed E-state index contributed by atoms with van der Waals surface area (Å²) in [5.74, 6) is -0.0239. The van der Waals surface area contributed by atoms with Gasteiger partial charge < -0.3 is 5.32 Å². The van der Waals surface area contributed by atoms with E-state index in [1.54, 1.807) is 18.2 Å². The van der Waals surface area contributed by atoms with Gasteiger partial charge in [-0.05, 0) is 18.4 Å². The van der Waals surface area contributed by atoms with Crippen molar-refractivity contribution in [1.29, 1.82) is 0 Å². The lowest BCUT2D eigenvalue weighted by atomic mass is 10.2. The van der Waals surface area contributed by atoms with Gasteiger partial charge in [-0.2, -0.15) is 0 Å². The first kappa shape index (κ1) is 12.9. The number of thioether (sulfide) groups is 1. The Morgan fingerprint density at radius 1 is 1.50 bits per heavy atom. The van der Waals surface area contributed by atoms with Gasteiger partial charge in [0.15, 0.2) is 5.50 Å². The molecule has 1 aromatic carbocycles. The van der Waals surface area contributed by atoms with Crippen molar-refractivity contribution in [3.63, 3.8) is 0 Å². The summed E-state index contributed by atoms with van der Waals surface area (Å²) in [5, 5.41) is 3.56. The van der Waals surface area contributed by atoms with E-state index in [4.69, 9.17) is 18.2 Å². The van der Waals surface area contributed by atoms with Crippen LogP contribution in [0.15, 0.2) is 40.0 Å². The van der Waals surface area contributed by atoms with E-state index in [1.165, 1.54) is 17.8 Å². The van der Waals surface area contributed by atoms with Gasteiger partial charge in [0, 0.05) is 0 Å². The van der Waals surface area contributed by atoms with Gasteiger partial charge in [-0.3, -0.25) is 4.99 Å². The van der Waals surface area contributed by atoms with E-state index in [9.17, 15) is 4.39 Å². The van der Waals surface area contributed by atoms with Gasteiger partial charge in [0.05, 0.1) is 17.2 Å². The Labute approximate surface area is 114 Å². The topological polar surface area (TPSA) is 28.8 Å². The zero-order chi connectivity index (χ0) is 13.1. The second kappa shape index (κ2) is 5.42. The molecule has 1 aromatic rings. The van der Waals surface area contributed by atoms with E-state index in [0.29, 0.717) is 22.1 Å². The van der Waals surface area contributed by atoms with E-state index < -0.39 is 5.50 Å². The molecule has 1 atom stereocenters. The molecule has 0 saturated heterocycles. The van der Waals surface area contributed by atoms with E-state index in [2.05, 4.69) is 15.2 Å². The van der Waals surface area contributed by atoms with Gasteiger partial charge in [-0.25, -0.2) is 9.24 Å². The molecule has 1 unspecified atom stereocenters. The quantitative estimate of drug-likeness (QED) is 0.512. The van der Waals surface area contributed by atoms with Crippen LogP contribution in [0, 0.1) is 12.4 Å². The van der Waals surface area contributed by atoms with Crippen molar-refractivity contribution in [3.05, 3.63) is 57.8 Å². The maximum Gasteiger partial charge on any atom is 0.233 e. The molecule has 0 aromatic heterocycles. The predicted molar refractivity (Wildman–Crippen MR) is 72.9 cm³/mol. The summed E-state index contributed by atoms with van der Waals surface area (Å²) in [6.45, 7) is 7.06. The highest BCUT2D eigenvalue weighted by Crippen LogP contribution is 2.27. The Hall–Kier alpha value is -1.51. The van der Waals surface area contributed by atoms with Crippen LogP contribution in [0.2, 0.25) is 0 Å². The predicted octanol–water partition coefficient (Wildman–Crippen LogP) is 3.19. The van der Waals surface area contributed by atoms with Crippen LogP contribution >= 0.6 is 23.4 Å². The zero-order valence-corrected chi connectivity index (χ0v) is 11.0. The third kappa shape index (κ3) is 2.35.